The Bertz CT molecular complexity index is 353. The molecule has 0 saturated heterocycles. The minimum atomic E-state index is 0. The topological polar surface area (TPSA) is 18.5 Å². The van der Waals surface area contributed by atoms with Crippen LogP contribution in [0, 0.1) is 5.92 Å². The number of aryl methyl sites for hydroxylation is 1. The summed E-state index contributed by atoms with van der Waals surface area (Å²) < 4.78 is 10.6. The molecular weight excluding hydrogens is 224 g/mol. The van der Waals surface area contributed by atoms with Crippen molar-refractivity contribution in [3.05, 3.63) is 23.8 Å². The van der Waals surface area contributed by atoms with E-state index in [1.54, 1.807) is 14.2 Å². The summed E-state index contributed by atoms with van der Waals surface area (Å²) in [6, 6.07) is 6.02. The minimum absolute atomic E-state index is 0. The lowest BCUT2D eigenvalue weighted by molar-refractivity contribution is 0.397. The number of hydrogen-bond acceptors (Lipinski definition) is 2. The first-order valence-electron chi connectivity index (χ1n) is 6.92. The summed E-state index contributed by atoms with van der Waals surface area (Å²) in [4.78, 5) is 0. The Morgan fingerprint density at radius 2 is 1.94 bits per heavy atom. The van der Waals surface area contributed by atoms with Crippen molar-refractivity contribution in [2.45, 2.75) is 46.0 Å². The Morgan fingerprint density at radius 3 is 2.56 bits per heavy atom. The monoisotopic (exact) mass is 252 g/mol. The highest BCUT2D eigenvalue weighted by atomic mass is 16.5. The van der Waals surface area contributed by atoms with Gasteiger partial charge in [0.15, 0.2) is 0 Å². The molecule has 0 aromatic heterocycles. The first-order chi connectivity index (χ1) is 8.71. The second kappa shape index (κ2) is 8.02. The summed E-state index contributed by atoms with van der Waals surface area (Å²) in [7, 11) is 3.43. The van der Waals surface area contributed by atoms with Gasteiger partial charge >= 0.3 is 0 Å². The van der Waals surface area contributed by atoms with Crippen LogP contribution in [0.2, 0.25) is 0 Å². The van der Waals surface area contributed by atoms with Crippen LogP contribution >= 0.6 is 0 Å². The van der Waals surface area contributed by atoms with Gasteiger partial charge in [0.05, 0.1) is 14.2 Å². The van der Waals surface area contributed by atoms with Gasteiger partial charge < -0.3 is 9.47 Å². The normalized spacial score (nSPS) is 12.2. The third kappa shape index (κ3) is 4.59. The van der Waals surface area contributed by atoms with Crippen LogP contribution in [0.1, 0.15) is 46.5 Å². The van der Waals surface area contributed by atoms with Gasteiger partial charge in [-0.3, -0.25) is 0 Å². The van der Waals surface area contributed by atoms with Crippen molar-refractivity contribution in [2.24, 2.45) is 5.92 Å². The smallest absolute Gasteiger partial charge is 0.122 e. The molecular formula is C16H28O2. The van der Waals surface area contributed by atoms with E-state index < -0.39 is 0 Å². The van der Waals surface area contributed by atoms with E-state index in [-0.39, 0.29) is 1.43 Å². The molecule has 2 heteroatoms. The fraction of sp³-hybridized carbons (Fsp3) is 0.625. The average molecular weight is 252 g/mol. The molecule has 2 nitrogen and oxygen atoms in total. The Morgan fingerprint density at radius 1 is 1.17 bits per heavy atom. The molecule has 1 unspecified atom stereocenters. The van der Waals surface area contributed by atoms with Gasteiger partial charge in [-0.25, -0.2) is 0 Å². The van der Waals surface area contributed by atoms with E-state index in [0.29, 0.717) is 0 Å². The van der Waals surface area contributed by atoms with Crippen LogP contribution in [0.5, 0.6) is 11.5 Å². The second-order valence-corrected chi connectivity index (χ2v) is 4.94. The first-order valence-corrected chi connectivity index (χ1v) is 6.92. The van der Waals surface area contributed by atoms with Gasteiger partial charge in [-0.15, -0.1) is 0 Å². The zero-order valence-corrected chi connectivity index (χ0v) is 12.2. The van der Waals surface area contributed by atoms with Gasteiger partial charge in [0.2, 0.25) is 0 Å². The van der Waals surface area contributed by atoms with Gasteiger partial charge in [0.1, 0.15) is 11.5 Å². The summed E-state index contributed by atoms with van der Waals surface area (Å²) >= 11 is 0. The van der Waals surface area contributed by atoms with Gasteiger partial charge in [0, 0.05) is 1.43 Å². The van der Waals surface area contributed by atoms with Crippen molar-refractivity contribution in [1.29, 1.82) is 0 Å². The molecule has 104 valence electrons. The fourth-order valence-corrected chi connectivity index (χ4v) is 2.09. The molecule has 0 fully saturated rings. The van der Waals surface area contributed by atoms with Crippen LogP contribution in [-0.2, 0) is 6.42 Å². The highest BCUT2D eigenvalue weighted by molar-refractivity contribution is 5.40. The second-order valence-electron chi connectivity index (χ2n) is 4.94. The molecule has 1 rings (SSSR count). The van der Waals surface area contributed by atoms with E-state index >= 15 is 0 Å². The highest BCUT2D eigenvalue weighted by Gasteiger charge is 2.05. The zero-order valence-electron chi connectivity index (χ0n) is 12.2. The summed E-state index contributed by atoms with van der Waals surface area (Å²) in [5, 5.41) is 0. The number of rotatable bonds is 8. The van der Waals surface area contributed by atoms with Crippen molar-refractivity contribution in [3.8, 4) is 11.5 Å². The molecule has 0 aliphatic heterocycles. The Hall–Kier alpha value is -1.18. The predicted octanol–water partition coefficient (Wildman–Crippen LogP) is 4.71. The molecule has 0 aliphatic rings. The van der Waals surface area contributed by atoms with Crippen molar-refractivity contribution in [2.75, 3.05) is 14.2 Å². The number of unbranched alkanes of at least 4 members (excludes halogenated alkanes) is 1. The van der Waals surface area contributed by atoms with Crippen molar-refractivity contribution in [1.82, 2.24) is 0 Å². The molecule has 1 atom stereocenters. The molecule has 18 heavy (non-hydrogen) atoms. The van der Waals surface area contributed by atoms with Crippen molar-refractivity contribution in [3.63, 3.8) is 0 Å². The van der Waals surface area contributed by atoms with Gasteiger partial charge in [-0.05, 0) is 42.5 Å². The number of hydrogen-bond donors (Lipinski definition) is 0. The van der Waals surface area contributed by atoms with E-state index in [9.17, 15) is 0 Å². The number of benzene rings is 1. The molecule has 1 aromatic carbocycles. The number of methoxy groups -OCH3 is 2. The van der Waals surface area contributed by atoms with Gasteiger partial charge in [-0.1, -0.05) is 33.1 Å². The van der Waals surface area contributed by atoms with Gasteiger partial charge in [-0.2, -0.15) is 0 Å². The standard InChI is InChI=1S/C16H26O2.H2/c1-5-13(2)8-6-7-9-14-12-15(17-3)10-11-16(14)18-4;/h10-13H,5-9H2,1-4H3;1H. The van der Waals surface area contributed by atoms with E-state index in [0.717, 1.165) is 23.8 Å². The maximum absolute atomic E-state index is 5.39. The molecule has 0 spiro atoms. The molecule has 0 bridgehead atoms. The van der Waals surface area contributed by atoms with E-state index in [4.69, 9.17) is 9.47 Å². The van der Waals surface area contributed by atoms with Crippen LogP contribution in [0.3, 0.4) is 0 Å². The third-order valence-corrected chi connectivity index (χ3v) is 3.58. The van der Waals surface area contributed by atoms with E-state index in [1.807, 2.05) is 12.1 Å². The summed E-state index contributed by atoms with van der Waals surface area (Å²) in [5.74, 6) is 2.73. The van der Waals surface area contributed by atoms with E-state index in [1.165, 1.54) is 31.2 Å². The largest absolute Gasteiger partial charge is 0.497 e. The average Bonchev–Trinajstić information content (AvgIpc) is 2.42. The maximum Gasteiger partial charge on any atom is 0.122 e. The molecule has 0 heterocycles. The lowest BCUT2D eigenvalue weighted by atomic mass is 9.99. The van der Waals surface area contributed by atoms with Crippen LogP contribution in [0.15, 0.2) is 18.2 Å². The maximum atomic E-state index is 5.39. The summed E-state index contributed by atoms with van der Waals surface area (Å²) in [6.07, 6.45) is 6.17. The molecule has 0 saturated carbocycles. The van der Waals surface area contributed by atoms with Crippen LogP contribution < -0.4 is 9.47 Å². The van der Waals surface area contributed by atoms with Crippen LogP contribution in [0.4, 0.5) is 0 Å². The first kappa shape index (κ1) is 14.9. The fourth-order valence-electron chi connectivity index (χ4n) is 2.09. The molecule has 0 N–H and O–H groups in total. The van der Waals surface area contributed by atoms with Crippen molar-refractivity contribution < 1.29 is 10.9 Å². The summed E-state index contributed by atoms with van der Waals surface area (Å²) in [5.41, 5.74) is 1.25. The molecule has 0 radical (unpaired) electrons. The van der Waals surface area contributed by atoms with Crippen molar-refractivity contribution >= 4 is 0 Å². The van der Waals surface area contributed by atoms with Crippen LogP contribution in [0.25, 0.3) is 0 Å². The Balaban J connectivity index is 0.00000324. The minimum Gasteiger partial charge on any atom is -0.497 e. The lowest BCUT2D eigenvalue weighted by Gasteiger charge is -2.11. The quantitative estimate of drug-likeness (QED) is 0.624. The van der Waals surface area contributed by atoms with Gasteiger partial charge in [0.25, 0.3) is 0 Å². The number of ether oxygens (including phenoxy) is 2. The summed E-state index contributed by atoms with van der Waals surface area (Å²) in [6.45, 7) is 4.59. The Kier molecular flexibility index (Phi) is 6.63. The lowest BCUT2D eigenvalue weighted by Crippen LogP contribution is -1.96. The molecule has 0 amide bonds. The van der Waals surface area contributed by atoms with Crippen LogP contribution in [-0.4, -0.2) is 14.2 Å². The molecule has 1 aromatic rings. The zero-order chi connectivity index (χ0) is 13.4. The SMILES string of the molecule is CCC(C)CCCCc1cc(OC)ccc1OC.[HH]. The van der Waals surface area contributed by atoms with E-state index in [2.05, 4.69) is 19.9 Å². The highest BCUT2D eigenvalue weighted by Crippen LogP contribution is 2.26. The Labute approximate surface area is 113 Å². The third-order valence-electron chi connectivity index (χ3n) is 3.58. The molecule has 0 aliphatic carbocycles. The predicted molar refractivity (Wildman–Crippen MR) is 78.7 cm³/mol.